The molecule has 0 aliphatic carbocycles. The second-order valence-electron chi connectivity index (χ2n) is 7.45. The Morgan fingerprint density at radius 3 is 2.44 bits per heavy atom. The molecule has 0 spiro atoms. The molecule has 164 valence electrons. The van der Waals surface area contributed by atoms with Gasteiger partial charge in [-0.05, 0) is 37.3 Å². The minimum Gasteiger partial charge on any atom is -0.461 e. The molecule has 1 aromatic heterocycles. The number of esters is 1. The average Bonchev–Trinajstić information content (AvgIpc) is 3.31. The van der Waals surface area contributed by atoms with E-state index in [1.807, 2.05) is 29.2 Å². The first kappa shape index (κ1) is 20.0. The van der Waals surface area contributed by atoms with Gasteiger partial charge in [-0.2, -0.15) is 0 Å². The summed E-state index contributed by atoms with van der Waals surface area (Å²) >= 11 is 0. The predicted octanol–water partition coefficient (Wildman–Crippen LogP) is 2.50. The van der Waals surface area contributed by atoms with Gasteiger partial charge in [0, 0.05) is 31.7 Å². The minimum atomic E-state index is -0.500. The van der Waals surface area contributed by atoms with E-state index >= 15 is 0 Å². The van der Waals surface area contributed by atoms with Crippen LogP contribution in [0.15, 0.2) is 42.5 Å². The van der Waals surface area contributed by atoms with E-state index in [-0.39, 0.29) is 25.0 Å². The van der Waals surface area contributed by atoms with Crippen LogP contribution in [-0.2, 0) is 4.74 Å². The van der Waals surface area contributed by atoms with E-state index in [2.05, 4.69) is 4.98 Å². The highest BCUT2D eigenvalue weighted by Gasteiger charge is 2.28. The number of rotatable bonds is 4. The minimum absolute atomic E-state index is 0.0711. The van der Waals surface area contributed by atoms with Crippen molar-refractivity contribution in [2.24, 2.45) is 0 Å². The largest absolute Gasteiger partial charge is 0.461 e. The number of benzene rings is 2. The average molecular weight is 434 g/mol. The summed E-state index contributed by atoms with van der Waals surface area (Å²) in [5, 5.41) is 0. The summed E-state index contributed by atoms with van der Waals surface area (Å²) < 4.78 is 15.9. The Kier molecular flexibility index (Phi) is 5.22. The number of amides is 1. The van der Waals surface area contributed by atoms with Crippen LogP contribution in [0.25, 0.3) is 11.0 Å². The molecule has 0 bridgehead atoms. The Bertz CT molecular complexity index is 1190. The maximum atomic E-state index is 13.0. The monoisotopic (exact) mass is 434 g/mol. The fourth-order valence-corrected chi connectivity index (χ4v) is 3.88. The van der Waals surface area contributed by atoms with E-state index in [1.54, 1.807) is 30.0 Å². The van der Waals surface area contributed by atoms with Gasteiger partial charge in [0.1, 0.15) is 0 Å². The van der Waals surface area contributed by atoms with E-state index < -0.39 is 5.97 Å². The normalized spacial score (nSPS) is 15.2. The second kappa shape index (κ2) is 8.33. The van der Waals surface area contributed by atoms with Gasteiger partial charge in [-0.1, -0.05) is 12.1 Å². The number of carbonyl (C=O) groups excluding carboxylic acids is 2. The first-order valence-electron chi connectivity index (χ1n) is 10.5. The predicted molar refractivity (Wildman–Crippen MR) is 116 cm³/mol. The summed E-state index contributed by atoms with van der Waals surface area (Å²) in [4.78, 5) is 38.5. The molecule has 3 heterocycles. The number of para-hydroxylation sites is 2. The van der Waals surface area contributed by atoms with Gasteiger partial charge in [0.05, 0.1) is 17.6 Å². The fourth-order valence-electron chi connectivity index (χ4n) is 3.88. The fraction of sp³-hybridized carbons (Fsp3) is 0.304. The lowest BCUT2D eigenvalue weighted by Gasteiger charge is -2.35. The number of carbonyl (C=O) groups is 2. The number of anilines is 1. The molecular weight excluding hydrogens is 412 g/mol. The van der Waals surface area contributed by atoms with Gasteiger partial charge >= 0.3 is 5.97 Å². The zero-order chi connectivity index (χ0) is 22.1. The third kappa shape index (κ3) is 3.66. The molecule has 0 radical (unpaired) electrons. The molecule has 3 aromatic rings. The topological polar surface area (TPSA) is 94.1 Å². The molecule has 1 fully saturated rings. The number of fused-ring (bicyclic) bond motifs is 2. The molecule has 2 aromatic carbocycles. The van der Waals surface area contributed by atoms with E-state index in [0.717, 1.165) is 0 Å². The van der Waals surface area contributed by atoms with Crippen molar-refractivity contribution in [1.29, 1.82) is 0 Å². The van der Waals surface area contributed by atoms with Gasteiger partial charge in [-0.15, -0.1) is 0 Å². The van der Waals surface area contributed by atoms with Gasteiger partial charge in [-0.25, -0.2) is 14.8 Å². The molecule has 0 unspecified atom stereocenters. The standard InChI is InChI=1S/C23H22N4O5/c1-2-30-23(29)20-21(25-17-6-4-3-5-16(17)24-20)26-9-11-27(12-10-26)22(28)15-7-8-18-19(13-15)32-14-31-18/h3-8,13H,2,9-12,14H2,1H3. The van der Waals surface area contributed by atoms with Crippen molar-refractivity contribution >= 4 is 28.7 Å². The summed E-state index contributed by atoms with van der Waals surface area (Å²) in [5.41, 5.74) is 2.09. The summed E-state index contributed by atoms with van der Waals surface area (Å²) in [6.45, 7) is 4.21. The molecule has 5 rings (SSSR count). The quantitative estimate of drug-likeness (QED) is 0.578. The lowest BCUT2D eigenvalue weighted by atomic mass is 10.1. The third-order valence-corrected chi connectivity index (χ3v) is 5.51. The Balaban J connectivity index is 1.36. The van der Waals surface area contributed by atoms with Gasteiger partial charge in [-0.3, -0.25) is 4.79 Å². The number of ether oxygens (including phenoxy) is 3. The Labute approximate surface area is 184 Å². The molecule has 2 aliphatic rings. The molecule has 0 atom stereocenters. The van der Waals surface area contributed by atoms with Crippen LogP contribution in [0, 0.1) is 0 Å². The zero-order valence-electron chi connectivity index (χ0n) is 17.6. The van der Waals surface area contributed by atoms with Crippen LogP contribution in [-0.4, -0.2) is 66.3 Å². The highest BCUT2D eigenvalue weighted by atomic mass is 16.7. The van der Waals surface area contributed by atoms with Crippen molar-refractivity contribution in [3.05, 3.63) is 53.7 Å². The first-order chi connectivity index (χ1) is 15.6. The molecule has 0 N–H and O–H groups in total. The number of nitrogens with zero attached hydrogens (tertiary/aromatic N) is 4. The molecule has 2 aliphatic heterocycles. The van der Waals surface area contributed by atoms with Gasteiger partial charge in [0.15, 0.2) is 23.0 Å². The van der Waals surface area contributed by atoms with Crippen LogP contribution in [0.5, 0.6) is 11.5 Å². The van der Waals surface area contributed by atoms with Crippen LogP contribution < -0.4 is 14.4 Å². The maximum Gasteiger partial charge on any atom is 0.360 e. The van der Waals surface area contributed by atoms with Crippen LogP contribution in [0.1, 0.15) is 27.8 Å². The molecule has 1 saturated heterocycles. The van der Waals surface area contributed by atoms with Crippen LogP contribution in [0.2, 0.25) is 0 Å². The summed E-state index contributed by atoms with van der Waals surface area (Å²) in [6.07, 6.45) is 0. The first-order valence-corrected chi connectivity index (χ1v) is 10.5. The van der Waals surface area contributed by atoms with Gasteiger partial charge in [0.2, 0.25) is 6.79 Å². The molecule has 1 amide bonds. The summed E-state index contributed by atoms with van der Waals surface area (Å²) in [7, 11) is 0. The lowest BCUT2D eigenvalue weighted by molar-refractivity contribution is 0.0519. The Morgan fingerprint density at radius 1 is 0.969 bits per heavy atom. The highest BCUT2D eigenvalue weighted by Crippen LogP contribution is 2.33. The molecular formula is C23H22N4O5. The smallest absolute Gasteiger partial charge is 0.360 e. The summed E-state index contributed by atoms with van der Waals surface area (Å²) in [5.74, 6) is 1.14. The molecule has 9 heteroatoms. The van der Waals surface area contributed by atoms with E-state index in [9.17, 15) is 9.59 Å². The lowest BCUT2D eigenvalue weighted by Crippen LogP contribution is -2.49. The molecule has 0 saturated carbocycles. The number of hydrogen-bond acceptors (Lipinski definition) is 8. The zero-order valence-corrected chi connectivity index (χ0v) is 17.6. The van der Waals surface area contributed by atoms with Crippen LogP contribution in [0.3, 0.4) is 0 Å². The van der Waals surface area contributed by atoms with Crippen LogP contribution >= 0.6 is 0 Å². The van der Waals surface area contributed by atoms with Crippen molar-refractivity contribution in [3.8, 4) is 11.5 Å². The number of aromatic nitrogens is 2. The van der Waals surface area contributed by atoms with Gasteiger partial charge < -0.3 is 24.0 Å². The Hall–Kier alpha value is -3.88. The van der Waals surface area contributed by atoms with Crippen molar-refractivity contribution in [2.45, 2.75) is 6.92 Å². The number of hydrogen-bond donors (Lipinski definition) is 0. The molecule has 32 heavy (non-hydrogen) atoms. The van der Waals surface area contributed by atoms with Crippen LogP contribution in [0.4, 0.5) is 5.82 Å². The van der Waals surface area contributed by atoms with E-state index in [1.165, 1.54) is 0 Å². The molecule has 9 nitrogen and oxygen atoms in total. The van der Waals surface area contributed by atoms with Crippen molar-refractivity contribution in [3.63, 3.8) is 0 Å². The maximum absolute atomic E-state index is 13.0. The van der Waals surface area contributed by atoms with Gasteiger partial charge in [0.25, 0.3) is 5.91 Å². The van der Waals surface area contributed by atoms with Crippen molar-refractivity contribution < 1.29 is 23.8 Å². The second-order valence-corrected chi connectivity index (χ2v) is 7.45. The van der Waals surface area contributed by atoms with Crippen molar-refractivity contribution in [2.75, 3.05) is 44.5 Å². The van der Waals surface area contributed by atoms with Crippen molar-refractivity contribution in [1.82, 2.24) is 14.9 Å². The SMILES string of the molecule is CCOC(=O)c1nc2ccccc2nc1N1CCN(C(=O)c2ccc3c(c2)OCO3)CC1. The highest BCUT2D eigenvalue weighted by molar-refractivity contribution is 5.96. The number of piperazine rings is 1. The van der Waals surface area contributed by atoms with E-state index in [0.29, 0.717) is 60.1 Å². The Morgan fingerprint density at radius 2 is 1.69 bits per heavy atom. The van der Waals surface area contributed by atoms with E-state index in [4.69, 9.17) is 19.2 Å². The summed E-state index contributed by atoms with van der Waals surface area (Å²) in [6, 6.07) is 12.6. The third-order valence-electron chi connectivity index (χ3n) is 5.51.